The fourth-order valence-corrected chi connectivity index (χ4v) is 5.25. The molecule has 6 heteroatoms. The highest BCUT2D eigenvalue weighted by atomic mass is 32.1. The van der Waals surface area contributed by atoms with E-state index in [4.69, 9.17) is 4.98 Å². The fraction of sp³-hybridized carbons (Fsp3) is 0.286. The van der Waals surface area contributed by atoms with Gasteiger partial charge < -0.3 is 9.47 Å². The van der Waals surface area contributed by atoms with E-state index < -0.39 is 0 Å². The summed E-state index contributed by atoms with van der Waals surface area (Å²) < 4.78 is 2.24. The largest absolute Gasteiger partial charge is 0.338 e. The summed E-state index contributed by atoms with van der Waals surface area (Å²) >= 11 is 1.64. The second kappa shape index (κ2) is 9.95. The van der Waals surface area contributed by atoms with Crippen LogP contribution in [-0.2, 0) is 13.1 Å². The molecule has 0 saturated carbocycles. The number of hydrogen-bond donors (Lipinski definition) is 0. The first-order valence-corrected chi connectivity index (χ1v) is 12.7. The van der Waals surface area contributed by atoms with Crippen LogP contribution in [0.4, 0.5) is 0 Å². The van der Waals surface area contributed by atoms with E-state index in [0.29, 0.717) is 0 Å². The van der Waals surface area contributed by atoms with Crippen LogP contribution in [0.25, 0.3) is 11.4 Å². The van der Waals surface area contributed by atoms with Crippen molar-refractivity contribution in [1.29, 1.82) is 0 Å². The van der Waals surface area contributed by atoms with E-state index in [2.05, 4.69) is 70.3 Å². The molecule has 5 rings (SSSR count). The average molecular weight is 471 g/mol. The molecular weight excluding hydrogens is 440 g/mol. The van der Waals surface area contributed by atoms with Crippen molar-refractivity contribution in [3.05, 3.63) is 99.5 Å². The van der Waals surface area contributed by atoms with Gasteiger partial charge in [0, 0.05) is 50.3 Å². The van der Waals surface area contributed by atoms with Gasteiger partial charge in [0.2, 0.25) is 0 Å². The van der Waals surface area contributed by atoms with Gasteiger partial charge in [-0.1, -0.05) is 60.7 Å². The number of hydrogen-bond acceptors (Lipinski definition) is 4. The van der Waals surface area contributed by atoms with Crippen molar-refractivity contribution in [2.24, 2.45) is 0 Å². The normalized spacial score (nSPS) is 14.5. The number of piperazine rings is 1. The lowest BCUT2D eigenvalue weighted by atomic mass is 10.1. The summed E-state index contributed by atoms with van der Waals surface area (Å²) in [7, 11) is 0. The Morgan fingerprint density at radius 3 is 2.09 bits per heavy atom. The van der Waals surface area contributed by atoms with Gasteiger partial charge in [0.15, 0.2) is 0 Å². The maximum absolute atomic E-state index is 13.6. The number of benzene rings is 2. The molecule has 0 bridgehead atoms. The summed E-state index contributed by atoms with van der Waals surface area (Å²) in [6.07, 6.45) is 0. The minimum Gasteiger partial charge on any atom is -0.338 e. The summed E-state index contributed by atoms with van der Waals surface area (Å²) in [5.74, 6) is 0.122. The Morgan fingerprint density at radius 1 is 0.882 bits per heavy atom. The number of aromatic nitrogens is 2. The predicted molar refractivity (Wildman–Crippen MR) is 138 cm³/mol. The van der Waals surface area contributed by atoms with Crippen molar-refractivity contribution in [2.45, 2.75) is 26.9 Å². The standard InChI is InChI=1S/C28H30N4OS/c1-21-25(28(33)31-15-13-30(14-16-31)18-23-9-5-3-6-10-23)17-27(26-20-34-22(2)29-26)32(21)19-24-11-7-4-8-12-24/h3-12,17,20H,13-16,18-19H2,1-2H3. The minimum absolute atomic E-state index is 0.122. The van der Waals surface area contributed by atoms with Crippen molar-refractivity contribution in [1.82, 2.24) is 19.4 Å². The van der Waals surface area contributed by atoms with Gasteiger partial charge >= 0.3 is 0 Å². The van der Waals surface area contributed by atoms with Gasteiger partial charge in [0.25, 0.3) is 5.91 Å². The predicted octanol–water partition coefficient (Wildman–Crippen LogP) is 5.23. The number of thiazole rings is 1. The SMILES string of the molecule is Cc1nc(-c2cc(C(=O)N3CCN(Cc4ccccc4)CC3)c(C)n2Cc2ccccc2)cs1. The van der Waals surface area contributed by atoms with Crippen LogP contribution in [0.5, 0.6) is 0 Å². The lowest BCUT2D eigenvalue weighted by molar-refractivity contribution is 0.0627. The number of carbonyl (C=O) groups is 1. The number of amides is 1. The Balaban J connectivity index is 1.36. The van der Waals surface area contributed by atoms with E-state index in [1.807, 2.05) is 30.0 Å². The summed E-state index contributed by atoms with van der Waals surface area (Å²) in [5.41, 5.74) is 6.27. The van der Waals surface area contributed by atoms with E-state index in [1.165, 1.54) is 11.1 Å². The molecule has 0 N–H and O–H groups in total. The molecule has 3 heterocycles. The first-order valence-electron chi connectivity index (χ1n) is 11.8. The molecule has 0 spiro atoms. The highest BCUT2D eigenvalue weighted by Gasteiger charge is 2.26. The summed E-state index contributed by atoms with van der Waals surface area (Å²) in [6.45, 7) is 9.02. The van der Waals surface area contributed by atoms with Gasteiger partial charge in [0.05, 0.1) is 22.0 Å². The van der Waals surface area contributed by atoms with Crippen LogP contribution in [0.1, 0.15) is 32.2 Å². The van der Waals surface area contributed by atoms with Gasteiger partial charge in [0.1, 0.15) is 0 Å². The molecule has 5 nitrogen and oxygen atoms in total. The topological polar surface area (TPSA) is 41.4 Å². The molecule has 174 valence electrons. The van der Waals surface area contributed by atoms with Crippen LogP contribution >= 0.6 is 11.3 Å². The van der Waals surface area contributed by atoms with Crippen LogP contribution in [-0.4, -0.2) is 51.4 Å². The molecule has 1 aliphatic rings. The lowest BCUT2D eigenvalue weighted by Gasteiger charge is -2.34. The van der Waals surface area contributed by atoms with Crippen LogP contribution < -0.4 is 0 Å². The third kappa shape index (κ3) is 4.83. The molecule has 1 fully saturated rings. The van der Waals surface area contributed by atoms with E-state index in [1.54, 1.807) is 11.3 Å². The molecule has 4 aromatic rings. The van der Waals surface area contributed by atoms with Gasteiger partial charge in [-0.3, -0.25) is 9.69 Å². The fourth-order valence-electron chi connectivity index (χ4n) is 4.65. The summed E-state index contributed by atoms with van der Waals surface area (Å²) in [4.78, 5) is 22.8. The molecule has 0 unspecified atom stereocenters. The monoisotopic (exact) mass is 470 g/mol. The molecule has 1 saturated heterocycles. The second-order valence-electron chi connectivity index (χ2n) is 8.91. The van der Waals surface area contributed by atoms with Crippen LogP contribution in [0.2, 0.25) is 0 Å². The first-order chi connectivity index (χ1) is 16.6. The van der Waals surface area contributed by atoms with E-state index in [-0.39, 0.29) is 5.91 Å². The molecule has 34 heavy (non-hydrogen) atoms. The molecule has 1 amide bonds. The smallest absolute Gasteiger partial charge is 0.255 e. The molecular formula is C28H30N4OS. The molecule has 0 atom stereocenters. The number of carbonyl (C=O) groups excluding carboxylic acids is 1. The Bertz CT molecular complexity index is 1250. The zero-order valence-electron chi connectivity index (χ0n) is 19.8. The zero-order chi connectivity index (χ0) is 23.5. The van der Waals surface area contributed by atoms with E-state index >= 15 is 0 Å². The molecule has 0 radical (unpaired) electrons. The van der Waals surface area contributed by atoms with E-state index in [0.717, 1.165) is 66.9 Å². The van der Waals surface area contributed by atoms with Crippen molar-refractivity contribution in [3.8, 4) is 11.4 Å². The third-order valence-corrected chi connectivity index (χ3v) is 7.34. The van der Waals surface area contributed by atoms with Crippen LogP contribution in [0, 0.1) is 13.8 Å². The van der Waals surface area contributed by atoms with E-state index in [9.17, 15) is 4.79 Å². The first kappa shape index (κ1) is 22.6. The van der Waals surface area contributed by atoms with Crippen LogP contribution in [0.3, 0.4) is 0 Å². The molecule has 2 aromatic carbocycles. The lowest BCUT2D eigenvalue weighted by Crippen LogP contribution is -2.48. The van der Waals surface area contributed by atoms with Crippen molar-refractivity contribution >= 4 is 17.2 Å². The number of rotatable bonds is 6. The summed E-state index contributed by atoms with van der Waals surface area (Å²) in [5, 5.41) is 3.12. The summed E-state index contributed by atoms with van der Waals surface area (Å²) in [6, 6.07) is 23.0. The van der Waals surface area contributed by atoms with Gasteiger partial charge in [-0.05, 0) is 31.0 Å². The Labute approximate surface area is 205 Å². The van der Waals surface area contributed by atoms with Crippen molar-refractivity contribution in [3.63, 3.8) is 0 Å². The van der Waals surface area contributed by atoms with Gasteiger partial charge in [-0.25, -0.2) is 4.98 Å². The van der Waals surface area contributed by atoms with Gasteiger partial charge in [-0.2, -0.15) is 0 Å². The number of aryl methyl sites for hydroxylation is 1. The molecule has 1 aliphatic heterocycles. The van der Waals surface area contributed by atoms with Crippen LogP contribution in [0.15, 0.2) is 72.1 Å². The minimum atomic E-state index is 0.122. The molecule has 0 aliphatic carbocycles. The Hall–Kier alpha value is -3.22. The third-order valence-electron chi connectivity index (χ3n) is 6.57. The van der Waals surface area contributed by atoms with Crippen molar-refractivity contribution < 1.29 is 4.79 Å². The van der Waals surface area contributed by atoms with Crippen molar-refractivity contribution in [2.75, 3.05) is 26.2 Å². The maximum atomic E-state index is 13.6. The maximum Gasteiger partial charge on any atom is 0.255 e. The Kier molecular flexibility index (Phi) is 6.61. The highest BCUT2D eigenvalue weighted by Crippen LogP contribution is 2.29. The van der Waals surface area contributed by atoms with Gasteiger partial charge in [-0.15, -0.1) is 11.3 Å². The number of nitrogens with zero attached hydrogens (tertiary/aromatic N) is 4. The highest BCUT2D eigenvalue weighted by molar-refractivity contribution is 7.09. The average Bonchev–Trinajstić information content (AvgIpc) is 3.44. The quantitative estimate of drug-likeness (QED) is 0.387. The zero-order valence-corrected chi connectivity index (χ0v) is 20.6. The molecule has 2 aromatic heterocycles. The Morgan fingerprint density at radius 2 is 1.50 bits per heavy atom. The second-order valence-corrected chi connectivity index (χ2v) is 9.97.